The molecule has 5 rings (SSSR count). The van der Waals surface area contributed by atoms with E-state index >= 15 is 0 Å². The Bertz CT molecular complexity index is 2020. The van der Waals surface area contributed by atoms with Crippen LogP contribution >= 0.6 is 0 Å². The van der Waals surface area contributed by atoms with Gasteiger partial charge in [0.1, 0.15) is 11.4 Å². The van der Waals surface area contributed by atoms with Crippen molar-refractivity contribution < 1.29 is 35.2 Å². The number of nitrogens with zero attached hydrogens (tertiary/aromatic N) is 6. The predicted octanol–water partition coefficient (Wildman–Crippen LogP) is 9.23. The van der Waals surface area contributed by atoms with Crippen molar-refractivity contribution in [3.8, 4) is 22.9 Å². The molecule has 0 bridgehead atoms. The summed E-state index contributed by atoms with van der Waals surface area (Å²) in [5, 5.41) is 16.1. The van der Waals surface area contributed by atoms with Crippen molar-refractivity contribution in [1.82, 2.24) is 20.4 Å². The van der Waals surface area contributed by atoms with Crippen molar-refractivity contribution in [3.63, 3.8) is 0 Å². The van der Waals surface area contributed by atoms with Crippen molar-refractivity contribution in [1.29, 1.82) is 0 Å². The molecule has 0 unspecified atom stereocenters. The highest BCUT2D eigenvalue weighted by Gasteiger charge is 2.34. The summed E-state index contributed by atoms with van der Waals surface area (Å²) in [5.74, 6) is 0.0452. The van der Waals surface area contributed by atoms with E-state index in [-0.39, 0.29) is 46.4 Å². The molecular formula is C33H24F6N6O2. The first-order valence-corrected chi connectivity index (χ1v) is 13.9. The van der Waals surface area contributed by atoms with E-state index in [9.17, 15) is 26.3 Å². The molecular weight excluding hydrogens is 626 g/mol. The molecule has 14 heteroatoms. The van der Waals surface area contributed by atoms with Gasteiger partial charge in [-0.2, -0.15) is 26.3 Å². The third-order valence-electron chi connectivity index (χ3n) is 6.80. The second-order valence-electron chi connectivity index (χ2n) is 9.95. The first kappa shape index (κ1) is 32.7. The highest BCUT2D eigenvalue weighted by Crippen LogP contribution is 2.34. The van der Waals surface area contributed by atoms with Crippen LogP contribution in [-0.4, -0.2) is 38.0 Å². The summed E-state index contributed by atoms with van der Waals surface area (Å²) in [7, 11) is 0. The lowest BCUT2D eigenvalue weighted by molar-refractivity contribution is -0.137. The number of alkyl halides is 6. The largest absolute Gasteiger partial charge is 0.416 e. The van der Waals surface area contributed by atoms with Crippen LogP contribution in [0.4, 0.5) is 32.0 Å². The van der Waals surface area contributed by atoms with Gasteiger partial charge in [-0.05, 0) is 80.5 Å². The maximum absolute atomic E-state index is 13.3. The molecule has 2 aromatic carbocycles. The maximum atomic E-state index is 13.3. The van der Waals surface area contributed by atoms with Crippen LogP contribution in [0.2, 0.25) is 0 Å². The third kappa shape index (κ3) is 7.27. The average molecular weight is 651 g/mol. The number of hydrogen-bond acceptors (Lipinski definition) is 8. The molecule has 0 amide bonds. The first-order chi connectivity index (χ1) is 22.3. The number of aromatic nitrogens is 4. The zero-order valence-corrected chi connectivity index (χ0v) is 25.0. The summed E-state index contributed by atoms with van der Waals surface area (Å²) in [5.41, 5.74) is 0.553. The number of halogens is 6. The second-order valence-corrected chi connectivity index (χ2v) is 9.95. The van der Waals surface area contributed by atoms with E-state index in [1.807, 2.05) is 0 Å². The minimum atomic E-state index is -4.55. The van der Waals surface area contributed by atoms with Crippen LogP contribution < -0.4 is 0 Å². The highest BCUT2D eigenvalue weighted by molar-refractivity contribution is 6.14. The Labute approximate surface area is 264 Å². The first-order valence-electron chi connectivity index (χ1n) is 13.9. The maximum Gasteiger partial charge on any atom is 0.416 e. The molecule has 0 saturated heterocycles. The molecule has 0 radical (unpaired) electrons. The van der Waals surface area contributed by atoms with Gasteiger partial charge in [0.15, 0.2) is 0 Å². The van der Waals surface area contributed by atoms with Crippen LogP contribution in [0.25, 0.3) is 28.6 Å². The summed E-state index contributed by atoms with van der Waals surface area (Å²) in [6.45, 7) is 8.61. The fourth-order valence-electron chi connectivity index (χ4n) is 4.32. The van der Waals surface area contributed by atoms with E-state index in [4.69, 9.17) is 8.83 Å². The lowest BCUT2D eigenvalue weighted by Gasteiger charge is -2.14. The van der Waals surface area contributed by atoms with Gasteiger partial charge in [0.25, 0.3) is 11.8 Å². The van der Waals surface area contributed by atoms with Gasteiger partial charge in [-0.15, -0.1) is 20.4 Å². The molecule has 2 aromatic heterocycles. The van der Waals surface area contributed by atoms with Crippen molar-refractivity contribution in [2.24, 2.45) is 9.98 Å². The predicted molar refractivity (Wildman–Crippen MR) is 164 cm³/mol. The van der Waals surface area contributed by atoms with Crippen molar-refractivity contribution >= 4 is 22.8 Å². The Hall–Kier alpha value is -5.66. The smallest absolute Gasteiger partial charge is 0.415 e. The zero-order valence-electron chi connectivity index (χ0n) is 25.0. The summed E-state index contributed by atoms with van der Waals surface area (Å²) in [4.78, 5) is 8.64. The van der Waals surface area contributed by atoms with Gasteiger partial charge >= 0.3 is 12.4 Å². The molecule has 0 N–H and O–H groups in total. The van der Waals surface area contributed by atoms with Gasteiger partial charge < -0.3 is 8.83 Å². The number of allylic oxidation sites excluding steroid dienone is 8. The van der Waals surface area contributed by atoms with Gasteiger partial charge in [0, 0.05) is 11.1 Å². The molecule has 0 atom stereocenters. The van der Waals surface area contributed by atoms with Gasteiger partial charge in [-0.25, -0.2) is 9.98 Å². The lowest BCUT2D eigenvalue weighted by atomic mass is 9.99. The quantitative estimate of drug-likeness (QED) is 0.146. The van der Waals surface area contributed by atoms with Crippen molar-refractivity contribution in [3.05, 3.63) is 120 Å². The molecule has 47 heavy (non-hydrogen) atoms. The molecule has 2 heterocycles. The molecule has 0 spiro atoms. The van der Waals surface area contributed by atoms with Gasteiger partial charge in [-0.3, -0.25) is 0 Å². The second kappa shape index (κ2) is 13.0. The Morgan fingerprint density at radius 3 is 2.09 bits per heavy atom. The van der Waals surface area contributed by atoms with E-state index in [0.29, 0.717) is 22.3 Å². The zero-order chi connectivity index (χ0) is 33.9. The summed E-state index contributed by atoms with van der Waals surface area (Å²) >= 11 is 0. The Kier molecular flexibility index (Phi) is 9.04. The number of aryl methyl sites for hydroxylation is 1. The topological polar surface area (TPSA) is 103 Å². The number of benzene rings is 2. The lowest BCUT2D eigenvalue weighted by Crippen LogP contribution is -2.15. The molecule has 8 nitrogen and oxygen atoms in total. The third-order valence-corrected chi connectivity index (χ3v) is 6.80. The van der Waals surface area contributed by atoms with Gasteiger partial charge in [-0.1, -0.05) is 36.9 Å². The minimum Gasteiger partial charge on any atom is -0.415 e. The normalized spacial score (nSPS) is 16.2. The van der Waals surface area contributed by atoms with Crippen LogP contribution in [-0.2, 0) is 6.18 Å². The Balaban J connectivity index is 1.42. The Morgan fingerprint density at radius 2 is 1.49 bits per heavy atom. The summed E-state index contributed by atoms with van der Waals surface area (Å²) in [6, 6.07) is 9.84. The Morgan fingerprint density at radius 1 is 0.830 bits per heavy atom. The highest BCUT2D eigenvalue weighted by atomic mass is 19.4. The van der Waals surface area contributed by atoms with E-state index < -0.39 is 23.5 Å². The van der Waals surface area contributed by atoms with Crippen LogP contribution in [0, 0.1) is 6.92 Å². The molecule has 1 aliphatic carbocycles. The monoisotopic (exact) mass is 650 g/mol. The van der Waals surface area contributed by atoms with Crippen LogP contribution in [0.1, 0.15) is 36.8 Å². The van der Waals surface area contributed by atoms with E-state index in [0.717, 1.165) is 24.3 Å². The standard InChI is InChI=1S/C33H24F6N6O2/c1-5-19-12-14-23(33(37,38)39)17-27(19)41-25(7-3)31-45-43-29(47-31)21-10-8-9-20(15-21)28-42-44-30(46-28)24(6-2)40-26-16-22(32(34,35)36)13-11-18(26)4/h5-17H,2H2,1,3-4H3/b19-5?,25-7-,40-24+,41-27-. The van der Waals surface area contributed by atoms with E-state index in [2.05, 4.69) is 37.0 Å². The molecule has 4 aromatic rings. The molecule has 0 saturated carbocycles. The molecule has 1 aliphatic rings. The minimum absolute atomic E-state index is 0.0239. The van der Waals surface area contributed by atoms with Gasteiger partial charge in [0.2, 0.25) is 11.8 Å². The van der Waals surface area contributed by atoms with Crippen LogP contribution in [0.15, 0.2) is 115 Å². The average Bonchev–Trinajstić information content (AvgIpc) is 3.73. The van der Waals surface area contributed by atoms with Crippen molar-refractivity contribution in [2.45, 2.75) is 33.1 Å². The van der Waals surface area contributed by atoms with Crippen LogP contribution in [0.5, 0.6) is 0 Å². The summed E-state index contributed by atoms with van der Waals surface area (Å²) < 4.78 is 91.4. The van der Waals surface area contributed by atoms with E-state index in [1.54, 1.807) is 51.1 Å². The molecule has 240 valence electrons. The van der Waals surface area contributed by atoms with Crippen molar-refractivity contribution in [2.75, 3.05) is 0 Å². The number of rotatable bonds is 7. The fourth-order valence-corrected chi connectivity index (χ4v) is 4.32. The SMILES string of the molecule is C=C/C(=N\c1cc(C(F)(F)F)ccc1C)c1nnc(-c2cccc(-c3nnc(C(=C/C)/N=C4/C=C(C(F)(F)F)C=CC4=CC)o3)c2)o1. The molecule has 0 aliphatic heterocycles. The molecule has 0 fully saturated rings. The van der Waals surface area contributed by atoms with Crippen LogP contribution in [0.3, 0.4) is 0 Å². The number of aliphatic imine (C=N–C) groups is 2. The summed E-state index contributed by atoms with van der Waals surface area (Å²) in [6.07, 6.45) is -1.37. The fraction of sp³-hybridized carbons (Fsp3) is 0.152. The van der Waals surface area contributed by atoms with Gasteiger partial charge in [0.05, 0.1) is 22.5 Å². The number of hydrogen-bond donors (Lipinski definition) is 0. The van der Waals surface area contributed by atoms with E-state index in [1.165, 1.54) is 24.3 Å².